The van der Waals surface area contributed by atoms with Gasteiger partial charge in [0, 0.05) is 19.0 Å². The highest BCUT2D eigenvalue weighted by Gasteiger charge is 2.46. The Morgan fingerprint density at radius 1 is 1.36 bits per heavy atom. The summed E-state index contributed by atoms with van der Waals surface area (Å²) in [4.78, 5) is 13.6. The van der Waals surface area contributed by atoms with Crippen molar-refractivity contribution < 1.29 is 18.0 Å². The molecule has 0 radical (unpaired) electrons. The third-order valence-electron chi connectivity index (χ3n) is 3.85. The highest BCUT2D eigenvalue weighted by atomic mass is 35.5. The van der Waals surface area contributed by atoms with E-state index in [0.29, 0.717) is 16.5 Å². The third-order valence-corrected chi connectivity index (χ3v) is 4.68. The molecule has 1 aromatic rings. The molecule has 0 bridgehead atoms. The molecule has 122 valence electrons. The summed E-state index contributed by atoms with van der Waals surface area (Å²) in [6, 6.07) is 5.22. The first kappa shape index (κ1) is 17.4. The number of alkyl halides is 3. The molecule has 1 aliphatic rings. The van der Waals surface area contributed by atoms with Gasteiger partial charge in [0.05, 0.1) is 16.5 Å². The van der Waals surface area contributed by atoms with Crippen molar-refractivity contribution in [3.8, 4) is 0 Å². The van der Waals surface area contributed by atoms with Gasteiger partial charge in [-0.15, -0.1) is 0 Å². The van der Waals surface area contributed by atoms with Crippen LogP contribution in [-0.2, 0) is 4.79 Å². The van der Waals surface area contributed by atoms with E-state index in [-0.39, 0.29) is 30.8 Å². The fraction of sp³-hybridized carbons (Fsp3) is 0.533. The van der Waals surface area contributed by atoms with Crippen LogP contribution in [0, 0.1) is 5.92 Å². The van der Waals surface area contributed by atoms with E-state index in [1.54, 1.807) is 25.1 Å². The summed E-state index contributed by atoms with van der Waals surface area (Å²) in [6.45, 7) is 1.64. The number of benzene rings is 1. The van der Waals surface area contributed by atoms with Gasteiger partial charge in [-0.05, 0) is 30.9 Å². The molecule has 7 heteroatoms. The van der Waals surface area contributed by atoms with E-state index >= 15 is 0 Å². The molecule has 0 saturated heterocycles. The Balaban J connectivity index is 2.01. The van der Waals surface area contributed by atoms with Crippen molar-refractivity contribution in [1.82, 2.24) is 4.90 Å². The van der Waals surface area contributed by atoms with E-state index in [1.165, 1.54) is 4.90 Å². The van der Waals surface area contributed by atoms with Crippen LogP contribution in [0.15, 0.2) is 18.2 Å². The van der Waals surface area contributed by atoms with Gasteiger partial charge in [0.1, 0.15) is 0 Å². The van der Waals surface area contributed by atoms with Crippen LogP contribution in [0.1, 0.15) is 31.2 Å². The number of halogens is 5. The van der Waals surface area contributed by atoms with Crippen LogP contribution >= 0.6 is 23.2 Å². The number of hydrogen-bond donors (Lipinski definition) is 0. The summed E-state index contributed by atoms with van der Waals surface area (Å²) >= 11 is 12.1. The second-order valence-electron chi connectivity index (χ2n) is 5.37. The van der Waals surface area contributed by atoms with Crippen molar-refractivity contribution in [2.75, 3.05) is 13.1 Å². The molecule has 0 aliphatic heterocycles. The number of carbonyl (C=O) groups is 1. The molecule has 2 atom stereocenters. The minimum atomic E-state index is -4.26. The second-order valence-corrected chi connectivity index (χ2v) is 6.16. The van der Waals surface area contributed by atoms with E-state index in [4.69, 9.17) is 23.2 Å². The molecule has 2 nitrogen and oxygen atoms in total. The average Bonchev–Trinajstić information content (AvgIpc) is 3.21. The van der Waals surface area contributed by atoms with Gasteiger partial charge >= 0.3 is 6.18 Å². The standard InChI is InChI=1S/C15H16Cl2F3NO/c1-2-21(7-6-15(18,19)20)14(22)11-8-10(11)9-4-3-5-12(16)13(9)17/h3-5,10-11H,2,6-8H2,1H3. The number of amides is 1. The molecule has 1 fully saturated rings. The highest BCUT2D eigenvalue weighted by molar-refractivity contribution is 6.42. The maximum Gasteiger partial charge on any atom is 0.390 e. The average molecular weight is 354 g/mol. The largest absolute Gasteiger partial charge is 0.390 e. The fourth-order valence-corrected chi connectivity index (χ4v) is 2.99. The van der Waals surface area contributed by atoms with Crippen molar-refractivity contribution >= 4 is 29.1 Å². The van der Waals surface area contributed by atoms with Crippen molar-refractivity contribution in [2.24, 2.45) is 5.92 Å². The predicted octanol–water partition coefficient (Wildman–Crippen LogP) is 4.90. The van der Waals surface area contributed by atoms with Gasteiger partial charge in [-0.25, -0.2) is 0 Å². The van der Waals surface area contributed by atoms with E-state index in [1.807, 2.05) is 0 Å². The topological polar surface area (TPSA) is 20.3 Å². The van der Waals surface area contributed by atoms with Gasteiger partial charge in [-0.3, -0.25) is 4.79 Å². The van der Waals surface area contributed by atoms with E-state index in [2.05, 4.69) is 0 Å². The molecule has 22 heavy (non-hydrogen) atoms. The van der Waals surface area contributed by atoms with Crippen molar-refractivity contribution in [1.29, 1.82) is 0 Å². The monoisotopic (exact) mass is 353 g/mol. The summed E-state index contributed by atoms with van der Waals surface area (Å²) in [7, 11) is 0. The van der Waals surface area contributed by atoms with E-state index < -0.39 is 12.6 Å². The Bertz CT molecular complexity index is 562. The second kappa shape index (κ2) is 6.67. The van der Waals surface area contributed by atoms with Crippen LogP contribution in [0.2, 0.25) is 10.0 Å². The zero-order valence-electron chi connectivity index (χ0n) is 12.0. The molecule has 0 spiro atoms. The van der Waals surface area contributed by atoms with Gasteiger partial charge in [0.2, 0.25) is 5.91 Å². The van der Waals surface area contributed by atoms with E-state index in [0.717, 1.165) is 5.56 Å². The van der Waals surface area contributed by atoms with Gasteiger partial charge < -0.3 is 4.90 Å². The van der Waals surface area contributed by atoms with Crippen LogP contribution in [0.25, 0.3) is 0 Å². The molecule has 1 aliphatic carbocycles. The molecular formula is C15H16Cl2F3NO. The van der Waals surface area contributed by atoms with Crippen molar-refractivity contribution in [3.63, 3.8) is 0 Å². The maximum absolute atomic E-state index is 12.3. The first-order valence-corrected chi connectivity index (χ1v) is 7.79. The fourth-order valence-electron chi connectivity index (χ4n) is 2.54. The smallest absolute Gasteiger partial charge is 0.342 e. The molecule has 0 heterocycles. The zero-order valence-corrected chi connectivity index (χ0v) is 13.5. The van der Waals surface area contributed by atoms with Crippen LogP contribution < -0.4 is 0 Å². The molecule has 0 aromatic heterocycles. The molecule has 2 unspecified atom stereocenters. The Morgan fingerprint density at radius 2 is 2.05 bits per heavy atom. The molecular weight excluding hydrogens is 338 g/mol. The van der Waals surface area contributed by atoms with Crippen LogP contribution in [0.4, 0.5) is 13.2 Å². The van der Waals surface area contributed by atoms with Crippen LogP contribution in [0.3, 0.4) is 0 Å². The van der Waals surface area contributed by atoms with E-state index in [9.17, 15) is 18.0 Å². The number of rotatable bonds is 5. The summed E-state index contributed by atoms with van der Waals surface area (Å²) < 4.78 is 36.9. The Kier molecular flexibility index (Phi) is 5.28. The minimum Gasteiger partial charge on any atom is -0.342 e. The van der Waals surface area contributed by atoms with Crippen LogP contribution in [-0.4, -0.2) is 30.1 Å². The zero-order chi connectivity index (χ0) is 16.5. The normalized spacial score (nSPS) is 20.8. The summed E-state index contributed by atoms with van der Waals surface area (Å²) in [5, 5.41) is 0.837. The Morgan fingerprint density at radius 3 is 2.64 bits per heavy atom. The van der Waals surface area contributed by atoms with Gasteiger partial charge in [-0.2, -0.15) is 13.2 Å². The quantitative estimate of drug-likeness (QED) is 0.737. The first-order valence-electron chi connectivity index (χ1n) is 7.04. The predicted molar refractivity (Wildman–Crippen MR) is 80.2 cm³/mol. The lowest BCUT2D eigenvalue weighted by Crippen LogP contribution is -2.35. The molecule has 1 saturated carbocycles. The van der Waals surface area contributed by atoms with Crippen molar-refractivity contribution in [2.45, 2.75) is 31.9 Å². The first-order chi connectivity index (χ1) is 10.2. The minimum absolute atomic E-state index is 0.0568. The van der Waals surface area contributed by atoms with Gasteiger partial charge in [-0.1, -0.05) is 35.3 Å². The summed E-state index contributed by atoms with van der Waals surface area (Å²) in [6.07, 6.45) is -4.64. The van der Waals surface area contributed by atoms with Gasteiger partial charge in [0.25, 0.3) is 0 Å². The lowest BCUT2D eigenvalue weighted by atomic mass is 10.1. The third kappa shape index (κ3) is 4.07. The highest BCUT2D eigenvalue weighted by Crippen LogP contribution is 2.51. The van der Waals surface area contributed by atoms with Crippen molar-refractivity contribution in [3.05, 3.63) is 33.8 Å². The lowest BCUT2D eigenvalue weighted by molar-refractivity contribution is -0.145. The number of nitrogens with zero attached hydrogens (tertiary/aromatic N) is 1. The number of carbonyl (C=O) groups excluding carboxylic acids is 1. The molecule has 1 amide bonds. The molecule has 2 rings (SSSR count). The lowest BCUT2D eigenvalue weighted by Gasteiger charge is -2.22. The van der Waals surface area contributed by atoms with Gasteiger partial charge in [0.15, 0.2) is 0 Å². The molecule has 1 aromatic carbocycles. The summed E-state index contributed by atoms with van der Waals surface area (Å²) in [5.41, 5.74) is 0.791. The van der Waals surface area contributed by atoms with Crippen LogP contribution in [0.5, 0.6) is 0 Å². The SMILES string of the molecule is CCN(CCC(F)(F)F)C(=O)C1CC1c1cccc(Cl)c1Cl. The number of hydrogen-bond acceptors (Lipinski definition) is 1. The molecule has 0 N–H and O–H groups in total. The maximum atomic E-state index is 12.3. The Hall–Kier alpha value is -0.940. The Labute approximate surface area is 137 Å². The summed E-state index contributed by atoms with van der Waals surface area (Å²) in [5.74, 6) is -0.601.